The lowest BCUT2D eigenvalue weighted by Gasteiger charge is -2.19. The van der Waals surface area contributed by atoms with Crippen molar-refractivity contribution in [3.8, 4) is 0 Å². The van der Waals surface area contributed by atoms with E-state index in [9.17, 15) is 9.59 Å². The highest BCUT2D eigenvalue weighted by atomic mass is 16.6. The summed E-state index contributed by atoms with van der Waals surface area (Å²) in [7, 11) is 0. The Labute approximate surface area is 239 Å². The summed E-state index contributed by atoms with van der Waals surface area (Å²) in [4.78, 5) is 23.6. The molecule has 0 radical (unpaired) electrons. The maximum absolute atomic E-state index is 12.1. The van der Waals surface area contributed by atoms with Crippen LogP contribution in [0.3, 0.4) is 0 Å². The molecule has 1 N–H and O–H groups in total. The first-order valence-electron chi connectivity index (χ1n) is 14.0. The van der Waals surface area contributed by atoms with Crippen molar-refractivity contribution in [1.29, 1.82) is 0 Å². The van der Waals surface area contributed by atoms with Crippen LogP contribution in [0, 0.1) is 0 Å². The van der Waals surface area contributed by atoms with Gasteiger partial charge in [-0.1, -0.05) is 13.3 Å². The number of benzene rings is 1. The third kappa shape index (κ3) is 21.5. The van der Waals surface area contributed by atoms with Crippen molar-refractivity contribution >= 4 is 17.6 Å². The van der Waals surface area contributed by atoms with Crippen molar-refractivity contribution in [3.05, 3.63) is 29.8 Å². The van der Waals surface area contributed by atoms with Gasteiger partial charge in [0.25, 0.3) is 0 Å². The topological polar surface area (TPSA) is 120 Å². The lowest BCUT2D eigenvalue weighted by molar-refractivity contribution is -0.160. The zero-order chi connectivity index (χ0) is 29.3. The van der Waals surface area contributed by atoms with E-state index in [1.807, 2.05) is 32.9 Å². The van der Waals surface area contributed by atoms with Crippen LogP contribution in [0.2, 0.25) is 0 Å². The molecule has 1 aromatic rings. The summed E-state index contributed by atoms with van der Waals surface area (Å²) >= 11 is 0. The molecule has 0 atom stereocenters. The Morgan fingerprint density at radius 1 is 0.675 bits per heavy atom. The fraction of sp³-hybridized carbons (Fsp3) is 0.724. The number of hydrogen-bond acceptors (Lipinski definition) is 11. The molecular formula is C29H49NO10. The molecule has 0 aliphatic carbocycles. The summed E-state index contributed by atoms with van der Waals surface area (Å²) in [6.45, 7) is 13.1. The van der Waals surface area contributed by atoms with Crippen LogP contribution in [0.4, 0.5) is 5.69 Å². The highest BCUT2D eigenvalue weighted by Crippen LogP contribution is 2.11. The van der Waals surface area contributed by atoms with Crippen molar-refractivity contribution in [2.75, 3.05) is 97.8 Å². The number of nitrogens with one attached hydrogen (secondary N) is 1. The number of anilines is 1. The van der Waals surface area contributed by atoms with E-state index >= 15 is 0 Å². The van der Waals surface area contributed by atoms with Crippen LogP contribution in [0.5, 0.6) is 0 Å². The van der Waals surface area contributed by atoms with Gasteiger partial charge >= 0.3 is 11.9 Å². The zero-order valence-corrected chi connectivity index (χ0v) is 24.7. The minimum Gasteiger partial charge on any atom is -0.460 e. The molecule has 0 bridgehead atoms. The standard InChI is InChI=1S/C29H49NO10/c1-5-6-11-30-26-9-7-25(8-10-26)28(32)39-23-22-37-19-18-35-15-14-33-12-13-34-16-17-36-20-21-38-24-27(31)40-29(2,3)4/h7-10,30H,5-6,11-24H2,1-4H3. The van der Waals surface area contributed by atoms with Crippen LogP contribution in [0.15, 0.2) is 24.3 Å². The highest BCUT2D eigenvalue weighted by Gasteiger charge is 2.15. The third-order valence-corrected chi connectivity index (χ3v) is 4.94. The predicted molar refractivity (Wildman–Crippen MR) is 151 cm³/mol. The second-order valence-corrected chi connectivity index (χ2v) is 9.69. The lowest BCUT2D eigenvalue weighted by atomic mass is 10.2. The molecule has 0 spiro atoms. The summed E-state index contributed by atoms with van der Waals surface area (Å²) in [6, 6.07) is 7.27. The highest BCUT2D eigenvalue weighted by molar-refractivity contribution is 5.89. The van der Waals surface area contributed by atoms with Crippen molar-refractivity contribution in [3.63, 3.8) is 0 Å². The molecule has 0 amide bonds. The molecule has 11 nitrogen and oxygen atoms in total. The van der Waals surface area contributed by atoms with Crippen LogP contribution < -0.4 is 5.32 Å². The molecule has 0 saturated carbocycles. The van der Waals surface area contributed by atoms with E-state index in [0.717, 1.165) is 25.1 Å². The molecule has 0 aromatic heterocycles. The zero-order valence-electron chi connectivity index (χ0n) is 24.7. The second-order valence-electron chi connectivity index (χ2n) is 9.69. The van der Waals surface area contributed by atoms with Gasteiger partial charge in [0.1, 0.15) is 18.8 Å². The Bertz CT molecular complexity index is 767. The van der Waals surface area contributed by atoms with E-state index in [2.05, 4.69) is 12.2 Å². The average Bonchev–Trinajstić information content (AvgIpc) is 2.91. The average molecular weight is 572 g/mol. The van der Waals surface area contributed by atoms with Gasteiger partial charge in [-0.15, -0.1) is 0 Å². The Hall–Kier alpha value is -2.28. The molecule has 0 heterocycles. The first-order chi connectivity index (χ1) is 19.3. The van der Waals surface area contributed by atoms with Gasteiger partial charge < -0.3 is 43.2 Å². The smallest absolute Gasteiger partial charge is 0.338 e. The number of carbonyl (C=O) groups is 2. The van der Waals surface area contributed by atoms with Crippen LogP contribution in [0.1, 0.15) is 50.9 Å². The maximum atomic E-state index is 12.1. The Morgan fingerprint density at radius 2 is 1.12 bits per heavy atom. The van der Waals surface area contributed by atoms with E-state index in [4.69, 9.17) is 37.9 Å². The Balaban J connectivity index is 1.80. The third-order valence-electron chi connectivity index (χ3n) is 4.94. The van der Waals surface area contributed by atoms with Gasteiger partial charge in [-0.25, -0.2) is 9.59 Å². The maximum Gasteiger partial charge on any atom is 0.338 e. The fourth-order valence-electron chi connectivity index (χ4n) is 3.04. The number of ether oxygens (including phenoxy) is 8. The van der Waals surface area contributed by atoms with E-state index in [0.29, 0.717) is 78.2 Å². The molecule has 0 saturated heterocycles. The van der Waals surface area contributed by atoms with E-state index < -0.39 is 11.6 Å². The van der Waals surface area contributed by atoms with Crippen molar-refractivity contribution in [2.24, 2.45) is 0 Å². The SMILES string of the molecule is CCCCNc1ccc(C(=O)OCCOCCOCCOCCOCCOCCOCC(=O)OC(C)(C)C)cc1. The molecule has 11 heteroatoms. The van der Waals surface area contributed by atoms with Crippen LogP contribution in [-0.2, 0) is 42.7 Å². The van der Waals surface area contributed by atoms with Gasteiger partial charge in [-0.3, -0.25) is 0 Å². The Morgan fingerprint density at radius 3 is 1.57 bits per heavy atom. The van der Waals surface area contributed by atoms with E-state index in [1.54, 1.807) is 12.1 Å². The van der Waals surface area contributed by atoms with Gasteiger partial charge in [-0.05, 0) is 51.5 Å². The molecule has 0 aliphatic rings. The van der Waals surface area contributed by atoms with Crippen molar-refractivity contribution in [1.82, 2.24) is 0 Å². The molecule has 40 heavy (non-hydrogen) atoms. The number of hydrogen-bond donors (Lipinski definition) is 1. The fourth-order valence-corrected chi connectivity index (χ4v) is 3.04. The molecule has 0 fully saturated rings. The van der Waals surface area contributed by atoms with Gasteiger partial charge in [0.2, 0.25) is 0 Å². The van der Waals surface area contributed by atoms with Gasteiger partial charge in [0.05, 0.1) is 78.2 Å². The lowest BCUT2D eigenvalue weighted by Crippen LogP contribution is -2.27. The van der Waals surface area contributed by atoms with Crippen LogP contribution >= 0.6 is 0 Å². The number of carbonyl (C=O) groups excluding carboxylic acids is 2. The van der Waals surface area contributed by atoms with Crippen LogP contribution in [0.25, 0.3) is 0 Å². The summed E-state index contributed by atoms with van der Waals surface area (Å²) in [5.74, 6) is -0.756. The summed E-state index contributed by atoms with van der Waals surface area (Å²) < 4.78 is 42.7. The van der Waals surface area contributed by atoms with Crippen LogP contribution in [-0.4, -0.2) is 110 Å². The summed E-state index contributed by atoms with van der Waals surface area (Å²) in [6.07, 6.45) is 2.24. The molecule has 1 aromatic carbocycles. The number of esters is 2. The summed E-state index contributed by atoms with van der Waals surface area (Å²) in [5.41, 5.74) is 0.994. The quantitative estimate of drug-likeness (QED) is 0.137. The van der Waals surface area contributed by atoms with E-state index in [-0.39, 0.29) is 19.2 Å². The van der Waals surface area contributed by atoms with Gasteiger partial charge in [0, 0.05) is 12.2 Å². The van der Waals surface area contributed by atoms with Crippen molar-refractivity contribution < 1.29 is 47.5 Å². The normalized spacial score (nSPS) is 11.4. The first kappa shape index (κ1) is 35.7. The molecule has 0 aliphatic heterocycles. The molecular weight excluding hydrogens is 522 g/mol. The molecule has 230 valence electrons. The monoisotopic (exact) mass is 571 g/mol. The van der Waals surface area contributed by atoms with Gasteiger partial charge in [-0.2, -0.15) is 0 Å². The Kier molecular flexibility index (Phi) is 20.9. The minimum atomic E-state index is -0.513. The first-order valence-corrected chi connectivity index (χ1v) is 14.0. The number of unbranched alkanes of at least 4 members (excludes halogenated alkanes) is 1. The summed E-state index contributed by atoms with van der Waals surface area (Å²) in [5, 5.41) is 3.31. The predicted octanol–water partition coefficient (Wildman–Crippen LogP) is 3.50. The largest absolute Gasteiger partial charge is 0.460 e. The second kappa shape index (κ2) is 23.4. The molecule has 0 unspecified atom stereocenters. The molecule has 1 rings (SSSR count). The van der Waals surface area contributed by atoms with E-state index in [1.165, 1.54) is 0 Å². The number of rotatable bonds is 25. The minimum absolute atomic E-state index is 0.0873. The van der Waals surface area contributed by atoms with Gasteiger partial charge in [0.15, 0.2) is 0 Å². The van der Waals surface area contributed by atoms with Crippen molar-refractivity contribution in [2.45, 2.75) is 46.1 Å².